The van der Waals surface area contributed by atoms with Gasteiger partial charge in [-0.2, -0.15) is 8.42 Å². The van der Waals surface area contributed by atoms with E-state index in [1.807, 2.05) is 6.92 Å². The first-order valence-electron chi connectivity index (χ1n) is 6.72. The number of benzene rings is 1. The van der Waals surface area contributed by atoms with E-state index in [1.165, 1.54) is 18.2 Å². The first-order valence-corrected chi connectivity index (χ1v) is 8.54. The van der Waals surface area contributed by atoms with E-state index in [2.05, 4.69) is 9.50 Å². The van der Waals surface area contributed by atoms with Crippen molar-refractivity contribution >= 4 is 22.0 Å². The molecule has 0 aliphatic carbocycles. The van der Waals surface area contributed by atoms with Crippen molar-refractivity contribution in [1.29, 1.82) is 0 Å². The predicted molar refractivity (Wildman–Crippen MR) is 80.7 cm³/mol. The number of hydrogen-bond acceptors (Lipinski definition) is 5. The molecule has 0 spiro atoms. The van der Waals surface area contributed by atoms with Gasteiger partial charge in [0.05, 0.1) is 11.8 Å². The third kappa shape index (κ3) is 5.03. The minimum atomic E-state index is -3.90. The van der Waals surface area contributed by atoms with Crippen LogP contribution in [0.5, 0.6) is 5.75 Å². The fraction of sp³-hybridized carbons (Fsp3) is 0.429. The highest BCUT2D eigenvalue weighted by Crippen LogP contribution is 2.24. The predicted octanol–water partition coefficient (Wildman–Crippen LogP) is 1.64. The second-order valence-corrected chi connectivity index (χ2v) is 6.51. The zero-order valence-electron chi connectivity index (χ0n) is 12.6. The maximum Gasteiger partial charge on any atom is 0.340 e. The minimum Gasteiger partial charge on any atom is -0.478 e. The van der Waals surface area contributed by atoms with Gasteiger partial charge in [-0.15, -0.1) is 0 Å². The highest BCUT2D eigenvalue weighted by atomic mass is 32.2. The Morgan fingerprint density at radius 2 is 2.00 bits per heavy atom. The molecule has 2 N–H and O–H groups in total. The molecule has 1 unspecified atom stereocenters. The van der Waals surface area contributed by atoms with Crippen molar-refractivity contribution in [3.8, 4) is 5.75 Å². The van der Waals surface area contributed by atoms with Gasteiger partial charge in [0.15, 0.2) is 5.75 Å². The molecular weight excluding hydrogens is 310 g/mol. The van der Waals surface area contributed by atoms with Crippen LogP contribution in [0.25, 0.3) is 0 Å². The second kappa shape index (κ2) is 7.26. The van der Waals surface area contributed by atoms with Crippen LogP contribution in [0.3, 0.4) is 0 Å². The number of carboxylic acids is 1. The van der Waals surface area contributed by atoms with Crippen molar-refractivity contribution in [1.82, 2.24) is 5.32 Å². The molecule has 0 aliphatic heterocycles. The van der Waals surface area contributed by atoms with Crippen LogP contribution in [0.4, 0.5) is 0 Å². The number of amides is 1. The van der Waals surface area contributed by atoms with E-state index >= 15 is 0 Å². The molecule has 1 aromatic rings. The lowest BCUT2D eigenvalue weighted by molar-refractivity contribution is 0.0688. The van der Waals surface area contributed by atoms with Gasteiger partial charge in [-0.05, 0) is 25.5 Å². The third-order valence-electron chi connectivity index (χ3n) is 2.83. The van der Waals surface area contributed by atoms with Crippen LogP contribution in [0.15, 0.2) is 18.2 Å². The molecule has 0 aliphatic rings. The molecule has 7 nitrogen and oxygen atoms in total. The molecule has 0 saturated heterocycles. The monoisotopic (exact) mass is 329 g/mol. The fourth-order valence-electron chi connectivity index (χ4n) is 1.98. The first-order chi connectivity index (χ1) is 10.2. The summed E-state index contributed by atoms with van der Waals surface area (Å²) < 4.78 is 27.1. The van der Waals surface area contributed by atoms with Crippen molar-refractivity contribution in [2.24, 2.45) is 0 Å². The number of aromatic carboxylic acids is 1. The Kier molecular flexibility index (Phi) is 5.92. The fourth-order valence-corrected chi connectivity index (χ4v) is 2.45. The van der Waals surface area contributed by atoms with Gasteiger partial charge >= 0.3 is 16.1 Å². The summed E-state index contributed by atoms with van der Waals surface area (Å²) in [5.41, 5.74) is -0.620. The summed E-state index contributed by atoms with van der Waals surface area (Å²) in [7, 11) is -3.90. The largest absolute Gasteiger partial charge is 0.478 e. The molecular formula is C14H19NO6S. The van der Waals surface area contributed by atoms with Crippen LogP contribution < -0.4 is 9.50 Å². The summed E-state index contributed by atoms with van der Waals surface area (Å²) in [6.45, 7) is 3.77. The Morgan fingerprint density at radius 3 is 2.50 bits per heavy atom. The van der Waals surface area contributed by atoms with Gasteiger partial charge < -0.3 is 14.6 Å². The molecule has 0 bridgehead atoms. The third-order valence-corrected chi connectivity index (χ3v) is 3.31. The quantitative estimate of drug-likeness (QED) is 0.736. The van der Waals surface area contributed by atoms with E-state index in [0.717, 1.165) is 19.1 Å². The Bertz CT molecular complexity index is 668. The van der Waals surface area contributed by atoms with Crippen molar-refractivity contribution in [2.75, 3.05) is 6.26 Å². The summed E-state index contributed by atoms with van der Waals surface area (Å²) in [6.07, 6.45) is 2.41. The molecule has 0 heterocycles. The molecule has 1 aromatic carbocycles. The lowest BCUT2D eigenvalue weighted by Gasteiger charge is -2.15. The van der Waals surface area contributed by atoms with Crippen LogP contribution >= 0.6 is 0 Å². The summed E-state index contributed by atoms with van der Waals surface area (Å²) in [5.74, 6) is -2.41. The topological polar surface area (TPSA) is 110 Å². The van der Waals surface area contributed by atoms with Crippen molar-refractivity contribution in [2.45, 2.75) is 32.7 Å². The number of carboxylic acid groups (broad SMARTS) is 1. The standard InChI is InChI=1S/C14H19NO6S/c1-4-6-9(2)15-13(16)10-7-5-8-11(12(10)14(17)18)21-22(3,19)20/h5,7-9H,4,6H2,1-3H3,(H,15,16)(H,17,18). The highest BCUT2D eigenvalue weighted by molar-refractivity contribution is 7.86. The highest BCUT2D eigenvalue weighted by Gasteiger charge is 2.24. The molecule has 22 heavy (non-hydrogen) atoms. The van der Waals surface area contributed by atoms with Gasteiger partial charge in [-0.25, -0.2) is 4.79 Å². The molecule has 0 fully saturated rings. The summed E-state index contributed by atoms with van der Waals surface area (Å²) in [5, 5.41) is 12.0. The summed E-state index contributed by atoms with van der Waals surface area (Å²) in [6, 6.07) is 3.74. The molecule has 0 aromatic heterocycles. The number of carbonyl (C=O) groups is 2. The zero-order valence-corrected chi connectivity index (χ0v) is 13.4. The number of rotatable bonds is 7. The zero-order chi connectivity index (χ0) is 16.9. The van der Waals surface area contributed by atoms with Crippen molar-refractivity contribution < 1.29 is 27.3 Å². The van der Waals surface area contributed by atoms with Gasteiger partial charge in [0.1, 0.15) is 5.56 Å². The van der Waals surface area contributed by atoms with E-state index in [1.54, 1.807) is 6.92 Å². The van der Waals surface area contributed by atoms with Crippen LogP contribution in [-0.4, -0.2) is 37.7 Å². The Morgan fingerprint density at radius 1 is 1.36 bits per heavy atom. The number of nitrogens with one attached hydrogen (secondary N) is 1. The average Bonchev–Trinajstić information content (AvgIpc) is 2.36. The van der Waals surface area contributed by atoms with E-state index in [-0.39, 0.29) is 17.4 Å². The molecule has 0 saturated carbocycles. The van der Waals surface area contributed by atoms with Crippen LogP contribution in [0, 0.1) is 0 Å². The average molecular weight is 329 g/mol. The summed E-state index contributed by atoms with van der Waals surface area (Å²) in [4.78, 5) is 23.6. The molecule has 1 amide bonds. The van der Waals surface area contributed by atoms with E-state index in [4.69, 9.17) is 0 Å². The van der Waals surface area contributed by atoms with Crippen molar-refractivity contribution in [3.63, 3.8) is 0 Å². The lowest BCUT2D eigenvalue weighted by Crippen LogP contribution is -2.33. The van der Waals surface area contributed by atoms with E-state index in [9.17, 15) is 23.1 Å². The maximum atomic E-state index is 12.2. The van der Waals surface area contributed by atoms with Crippen LogP contribution in [0.1, 0.15) is 47.4 Å². The Balaban J connectivity index is 3.22. The SMILES string of the molecule is CCCC(C)NC(=O)c1cccc(OS(C)(=O)=O)c1C(=O)O. The molecule has 1 rings (SSSR count). The van der Waals surface area contributed by atoms with Crippen LogP contribution in [-0.2, 0) is 10.1 Å². The van der Waals surface area contributed by atoms with Crippen LogP contribution in [0.2, 0.25) is 0 Å². The van der Waals surface area contributed by atoms with Gasteiger partial charge in [0, 0.05) is 6.04 Å². The minimum absolute atomic E-state index is 0.126. The maximum absolute atomic E-state index is 12.2. The van der Waals surface area contributed by atoms with Gasteiger partial charge in [-0.3, -0.25) is 4.79 Å². The van der Waals surface area contributed by atoms with E-state index in [0.29, 0.717) is 0 Å². The Hall–Kier alpha value is -2.09. The van der Waals surface area contributed by atoms with Gasteiger partial charge in [-0.1, -0.05) is 19.4 Å². The lowest BCUT2D eigenvalue weighted by atomic mass is 10.0. The Labute approximate surface area is 129 Å². The van der Waals surface area contributed by atoms with Crippen molar-refractivity contribution in [3.05, 3.63) is 29.3 Å². The van der Waals surface area contributed by atoms with Gasteiger partial charge in [0.2, 0.25) is 0 Å². The van der Waals surface area contributed by atoms with E-state index < -0.39 is 27.6 Å². The molecule has 0 radical (unpaired) electrons. The molecule has 8 heteroatoms. The number of carbonyl (C=O) groups excluding carboxylic acids is 1. The smallest absolute Gasteiger partial charge is 0.340 e. The van der Waals surface area contributed by atoms with Gasteiger partial charge in [0.25, 0.3) is 5.91 Å². The first kappa shape index (κ1) is 18.0. The normalized spacial score (nSPS) is 12.5. The molecule has 1 atom stereocenters. The summed E-state index contributed by atoms with van der Waals surface area (Å²) >= 11 is 0. The second-order valence-electron chi connectivity index (χ2n) is 4.93. The molecule has 122 valence electrons. The number of hydrogen-bond donors (Lipinski definition) is 2.